The van der Waals surface area contributed by atoms with Crippen LogP contribution in [0.2, 0.25) is 0 Å². The Morgan fingerprint density at radius 3 is 2.22 bits per heavy atom. The predicted molar refractivity (Wildman–Crippen MR) is 97.1 cm³/mol. The van der Waals surface area contributed by atoms with Crippen LogP contribution in [-0.2, 0) is 0 Å². The van der Waals surface area contributed by atoms with Crippen molar-refractivity contribution in [1.82, 2.24) is 5.32 Å². The van der Waals surface area contributed by atoms with Gasteiger partial charge < -0.3 is 10.1 Å². The zero-order valence-corrected chi connectivity index (χ0v) is 14.2. The van der Waals surface area contributed by atoms with Crippen molar-refractivity contribution in [2.45, 2.75) is 26.9 Å². The Kier molecular flexibility index (Phi) is 5.71. The van der Waals surface area contributed by atoms with Crippen LogP contribution in [0.25, 0.3) is 0 Å². The van der Waals surface area contributed by atoms with Gasteiger partial charge in [-0.3, -0.25) is 10.1 Å². The molecule has 120 valence electrons. The fourth-order valence-corrected chi connectivity index (χ4v) is 2.14. The van der Waals surface area contributed by atoms with Crippen LogP contribution in [0.4, 0.5) is 5.69 Å². The fraction of sp³-hybridized carbons (Fsp3) is 0.222. The summed E-state index contributed by atoms with van der Waals surface area (Å²) in [5.74, 6) is 0.475. The molecular formula is C18H20N2O2S. The lowest BCUT2D eigenvalue weighted by Crippen LogP contribution is -2.34. The average Bonchev–Trinajstić information content (AvgIpc) is 2.49. The van der Waals surface area contributed by atoms with Gasteiger partial charge in [-0.05, 0) is 69.4 Å². The highest BCUT2D eigenvalue weighted by Crippen LogP contribution is 2.14. The first-order valence-corrected chi connectivity index (χ1v) is 7.80. The molecule has 0 bridgehead atoms. The molecular weight excluding hydrogens is 308 g/mol. The second kappa shape index (κ2) is 7.74. The maximum Gasteiger partial charge on any atom is 0.257 e. The minimum absolute atomic E-state index is 0.0981. The van der Waals surface area contributed by atoms with E-state index in [0.717, 1.165) is 17.0 Å². The molecule has 23 heavy (non-hydrogen) atoms. The van der Waals surface area contributed by atoms with Crippen molar-refractivity contribution in [1.29, 1.82) is 0 Å². The van der Waals surface area contributed by atoms with E-state index in [-0.39, 0.29) is 17.1 Å². The molecule has 0 saturated heterocycles. The van der Waals surface area contributed by atoms with Crippen molar-refractivity contribution in [3.05, 3.63) is 59.7 Å². The van der Waals surface area contributed by atoms with Gasteiger partial charge in [-0.25, -0.2) is 0 Å². The Morgan fingerprint density at radius 2 is 1.65 bits per heavy atom. The van der Waals surface area contributed by atoms with E-state index in [9.17, 15) is 4.79 Å². The molecule has 0 saturated carbocycles. The number of carbonyl (C=O) groups is 1. The van der Waals surface area contributed by atoms with Gasteiger partial charge >= 0.3 is 0 Å². The highest BCUT2D eigenvalue weighted by molar-refractivity contribution is 7.80. The van der Waals surface area contributed by atoms with Crippen LogP contribution in [-0.4, -0.2) is 17.1 Å². The van der Waals surface area contributed by atoms with Crippen molar-refractivity contribution >= 4 is 28.9 Å². The molecule has 4 nitrogen and oxygen atoms in total. The fourth-order valence-electron chi connectivity index (χ4n) is 1.93. The van der Waals surface area contributed by atoms with E-state index in [1.54, 1.807) is 24.3 Å². The Hall–Kier alpha value is -2.40. The van der Waals surface area contributed by atoms with Crippen LogP contribution < -0.4 is 15.4 Å². The summed E-state index contributed by atoms with van der Waals surface area (Å²) in [6.45, 7) is 5.92. The summed E-state index contributed by atoms with van der Waals surface area (Å²) in [7, 11) is 0. The summed E-state index contributed by atoms with van der Waals surface area (Å²) in [6, 6.07) is 14.7. The lowest BCUT2D eigenvalue weighted by atomic mass is 10.2. The first-order valence-electron chi connectivity index (χ1n) is 7.40. The van der Waals surface area contributed by atoms with E-state index in [1.165, 1.54) is 0 Å². The van der Waals surface area contributed by atoms with Gasteiger partial charge in [-0.2, -0.15) is 0 Å². The molecule has 0 aliphatic carbocycles. The number of anilines is 1. The third-order valence-corrected chi connectivity index (χ3v) is 3.23. The lowest BCUT2D eigenvalue weighted by molar-refractivity contribution is 0.0977. The van der Waals surface area contributed by atoms with Crippen LogP contribution in [0.5, 0.6) is 5.75 Å². The van der Waals surface area contributed by atoms with E-state index >= 15 is 0 Å². The van der Waals surface area contributed by atoms with Crippen LogP contribution >= 0.6 is 12.2 Å². The van der Waals surface area contributed by atoms with Crippen LogP contribution in [0.1, 0.15) is 29.8 Å². The van der Waals surface area contributed by atoms with Crippen LogP contribution in [0.15, 0.2) is 48.5 Å². The number of hydrogen-bond acceptors (Lipinski definition) is 3. The number of benzene rings is 2. The van der Waals surface area contributed by atoms with Crippen LogP contribution in [0, 0.1) is 6.92 Å². The predicted octanol–water partition coefficient (Wildman–Crippen LogP) is 3.91. The molecule has 0 radical (unpaired) electrons. The smallest absolute Gasteiger partial charge is 0.257 e. The molecule has 0 aliphatic heterocycles. The van der Waals surface area contributed by atoms with Gasteiger partial charge in [0.05, 0.1) is 6.10 Å². The first-order chi connectivity index (χ1) is 10.9. The van der Waals surface area contributed by atoms with E-state index in [1.807, 2.05) is 45.0 Å². The molecule has 1 amide bonds. The minimum Gasteiger partial charge on any atom is -0.491 e. The first kappa shape index (κ1) is 17.0. The summed E-state index contributed by atoms with van der Waals surface area (Å²) in [5.41, 5.74) is 2.52. The number of nitrogens with one attached hydrogen (secondary N) is 2. The molecule has 2 aromatic rings. The molecule has 5 heteroatoms. The van der Waals surface area contributed by atoms with Gasteiger partial charge in [0.2, 0.25) is 0 Å². The normalized spacial score (nSPS) is 10.3. The molecule has 0 aliphatic rings. The second-order valence-corrected chi connectivity index (χ2v) is 5.87. The van der Waals surface area contributed by atoms with Gasteiger partial charge in [-0.15, -0.1) is 0 Å². The van der Waals surface area contributed by atoms with E-state index in [0.29, 0.717) is 5.56 Å². The third-order valence-electron chi connectivity index (χ3n) is 3.02. The average molecular weight is 328 g/mol. The monoisotopic (exact) mass is 328 g/mol. The molecule has 2 aromatic carbocycles. The second-order valence-electron chi connectivity index (χ2n) is 5.47. The lowest BCUT2D eigenvalue weighted by Gasteiger charge is -2.11. The largest absolute Gasteiger partial charge is 0.491 e. The van der Waals surface area contributed by atoms with Crippen molar-refractivity contribution in [3.63, 3.8) is 0 Å². The number of hydrogen-bond donors (Lipinski definition) is 2. The molecule has 0 spiro atoms. The zero-order valence-electron chi connectivity index (χ0n) is 13.4. The number of aryl methyl sites for hydroxylation is 1. The highest BCUT2D eigenvalue weighted by atomic mass is 32.1. The molecule has 0 heterocycles. The summed E-state index contributed by atoms with van der Waals surface area (Å²) in [4.78, 5) is 12.2. The Labute approximate surface area is 141 Å². The maximum atomic E-state index is 12.2. The van der Waals surface area contributed by atoms with Crippen molar-refractivity contribution in [3.8, 4) is 5.75 Å². The Bertz CT molecular complexity index is 679. The van der Waals surface area contributed by atoms with Crippen molar-refractivity contribution < 1.29 is 9.53 Å². The number of ether oxygens (including phenoxy) is 1. The third kappa shape index (κ3) is 5.38. The topological polar surface area (TPSA) is 50.4 Å². The number of rotatable bonds is 4. The van der Waals surface area contributed by atoms with Crippen molar-refractivity contribution in [2.75, 3.05) is 5.32 Å². The zero-order chi connectivity index (χ0) is 16.8. The van der Waals surface area contributed by atoms with Gasteiger partial charge in [-0.1, -0.05) is 17.7 Å². The van der Waals surface area contributed by atoms with E-state index in [2.05, 4.69) is 10.6 Å². The quantitative estimate of drug-likeness (QED) is 0.836. The minimum atomic E-state index is -0.259. The van der Waals surface area contributed by atoms with Crippen LogP contribution in [0.3, 0.4) is 0 Å². The summed E-state index contributed by atoms with van der Waals surface area (Å²) < 4.78 is 5.55. The van der Waals surface area contributed by atoms with Gasteiger partial charge in [0, 0.05) is 11.3 Å². The highest BCUT2D eigenvalue weighted by Gasteiger charge is 2.08. The van der Waals surface area contributed by atoms with Gasteiger partial charge in [0.1, 0.15) is 5.75 Å². The number of thiocarbonyl (C=S) groups is 1. The molecule has 0 aromatic heterocycles. The summed E-state index contributed by atoms with van der Waals surface area (Å²) in [5, 5.41) is 5.91. The number of carbonyl (C=O) groups excluding carboxylic acids is 1. The molecule has 0 atom stereocenters. The van der Waals surface area contributed by atoms with Gasteiger partial charge in [0.15, 0.2) is 5.11 Å². The summed E-state index contributed by atoms with van der Waals surface area (Å²) >= 11 is 5.16. The Morgan fingerprint density at radius 1 is 1.04 bits per heavy atom. The van der Waals surface area contributed by atoms with Crippen molar-refractivity contribution in [2.24, 2.45) is 0 Å². The SMILES string of the molecule is Cc1ccc(NC(=S)NC(=O)c2ccc(OC(C)C)cc2)cc1. The Balaban J connectivity index is 1.92. The molecule has 2 N–H and O–H groups in total. The molecule has 0 unspecified atom stereocenters. The standard InChI is InChI=1S/C18H20N2O2S/c1-12(2)22-16-10-6-14(7-11-16)17(21)20-18(23)19-15-8-4-13(3)5-9-15/h4-12H,1-3H3,(H2,19,20,21,23). The van der Waals surface area contributed by atoms with E-state index < -0.39 is 0 Å². The maximum absolute atomic E-state index is 12.2. The van der Waals surface area contributed by atoms with E-state index in [4.69, 9.17) is 17.0 Å². The summed E-state index contributed by atoms with van der Waals surface area (Å²) in [6.07, 6.45) is 0.0981. The molecule has 0 fully saturated rings. The van der Waals surface area contributed by atoms with Gasteiger partial charge in [0.25, 0.3) is 5.91 Å². The molecule has 2 rings (SSSR count). The number of amides is 1.